The van der Waals surface area contributed by atoms with Crippen LogP contribution in [0.5, 0.6) is 0 Å². The highest BCUT2D eigenvalue weighted by atomic mass is 32.3. The Hall–Kier alpha value is -0.550. The monoisotopic (exact) mass is 150 g/mol. The number of rotatable bonds is 0. The van der Waals surface area contributed by atoms with E-state index < -0.39 is 10.4 Å². The van der Waals surface area contributed by atoms with Gasteiger partial charge < -0.3 is 4.18 Å². The lowest BCUT2D eigenvalue weighted by molar-refractivity contribution is 0.254. The molecule has 0 saturated carbocycles. The smallest absolute Gasteiger partial charge is 0.370 e. The molecular weight excluding hydrogens is 144 g/mol. The van der Waals surface area contributed by atoms with E-state index in [1.165, 1.54) is 6.26 Å². The van der Waals surface area contributed by atoms with E-state index in [0.29, 0.717) is 0 Å². The number of hydrogen-bond acceptors (Lipinski definition) is 4. The Morgan fingerprint density at radius 3 is 2.67 bits per heavy atom. The van der Waals surface area contributed by atoms with Crippen molar-refractivity contribution < 1.29 is 16.8 Å². The van der Waals surface area contributed by atoms with Crippen LogP contribution in [-0.2, 0) is 18.8 Å². The van der Waals surface area contributed by atoms with Gasteiger partial charge in [0.25, 0.3) is 0 Å². The van der Waals surface area contributed by atoms with Crippen molar-refractivity contribution in [2.24, 2.45) is 0 Å². The molecule has 4 nitrogen and oxygen atoms in total. The molecule has 1 aliphatic heterocycles. The van der Waals surface area contributed by atoms with Crippen molar-refractivity contribution in [1.29, 1.82) is 0 Å². The fourth-order valence-electron chi connectivity index (χ4n) is 0.368. The van der Waals surface area contributed by atoms with Gasteiger partial charge in [0, 0.05) is 0 Å². The quantitative estimate of drug-likeness (QED) is 0.494. The summed E-state index contributed by atoms with van der Waals surface area (Å²) in [5.41, 5.74) is 0.754. The van der Waals surface area contributed by atoms with Crippen LogP contribution in [0.3, 0.4) is 0 Å². The summed E-state index contributed by atoms with van der Waals surface area (Å²) in [6.07, 6.45) is 1.17. The Kier molecular flexibility index (Phi) is 1.46. The molecule has 0 bridgehead atoms. The molecule has 0 radical (unpaired) electrons. The van der Waals surface area contributed by atoms with Crippen molar-refractivity contribution >= 4 is 10.4 Å². The average Bonchev–Trinajstić information content (AvgIpc) is 1.78. The van der Waals surface area contributed by atoms with Gasteiger partial charge in [0.2, 0.25) is 0 Å². The van der Waals surface area contributed by atoms with Gasteiger partial charge in [-0.15, -0.1) is 0 Å². The topological polar surface area (TPSA) is 52.6 Å². The summed E-state index contributed by atoms with van der Waals surface area (Å²) in [4.78, 5) is 0. The largest absolute Gasteiger partial charge is 0.448 e. The van der Waals surface area contributed by atoms with Crippen LogP contribution in [0.1, 0.15) is 6.92 Å². The highest BCUT2D eigenvalue weighted by Crippen LogP contribution is 2.08. The highest BCUT2D eigenvalue weighted by molar-refractivity contribution is 7.82. The molecule has 1 rings (SSSR count). The predicted octanol–water partition coefficient (Wildman–Crippen LogP) is 0.182. The zero-order valence-corrected chi connectivity index (χ0v) is 5.64. The zero-order valence-electron chi connectivity index (χ0n) is 4.83. The summed E-state index contributed by atoms with van der Waals surface area (Å²) < 4.78 is 29.0. The summed E-state index contributed by atoms with van der Waals surface area (Å²) in [7, 11) is -3.69. The van der Waals surface area contributed by atoms with Gasteiger partial charge in [0.15, 0.2) is 0 Å². The average molecular weight is 150 g/mol. The Labute approximate surface area is 53.4 Å². The Balaban J connectivity index is 2.79. The summed E-state index contributed by atoms with van der Waals surface area (Å²) in [5, 5.41) is 0. The van der Waals surface area contributed by atoms with E-state index in [1.54, 1.807) is 6.92 Å². The molecule has 0 N–H and O–H groups in total. The molecule has 0 fully saturated rings. The summed E-state index contributed by atoms with van der Waals surface area (Å²) >= 11 is 0. The molecule has 0 aliphatic carbocycles. The Morgan fingerprint density at radius 2 is 2.33 bits per heavy atom. The van der Waals surface area contributed by atoms with E-state index in [4.69, 9.17) is 0 Å². The van der Waals surface area contributed by atoms with Crippen molar-refractivity contribution in [1.82, 2.24) is 0 Å². The third-order valence-corrected chi connectivity index (χ3v) is 1.54. The van der Waals surface area contributed by atoms with Crippen LogP contribution in [-0.4, -0.2) is 15.0 Å². The summed E-state index contributed by atoms with van der Waals surface area (Å²) in [6.45, 7) is 1.82. The summed E-state index contributed by atoms with van der Waals surface area (Å²) in [6, 6.07) is 0. The Bertz CT molecular complexity index is 225. The van der Waals surface area contributed by atoms with Gasteiger partial charge in [-0.2, -0.15) is 8.42 Å². The molecule has 0 spiro atoms. The standard InChI is InChI=1S/C4H6O4S/c1-4-2-7-9(5,6)8-3-4/h2H,3H2,1H3. The first-order chi connectivity index (χ1) is 4.10. The predicted molar refractivity (Wildman–Crippen MR) is 29.7 cm³/mol. The molecule has 0 aromatic rings. The van der Waals surface area contributed by atoms with Crippen LogP contribution in [0.2, 0.25) is 0 Å². The van der Waals surface area contributed by atoms with Crippen LogP contribution < -0.4 is 0 Å². The normalized spacial score (nSPS) is 24.3. The van der Waals surface area contributed by atoms with E-state index in [9.17, 15) is 8.42 Å². The summed E-state index contributed by atoms with van der Waals surface area (Å²) in [5.74, 6) is 0. The Morgan fingerprint density at radius 1 is 1.67 bits per heavy atom. The fraction of sp³-hybridized carbons (Fsp3) is 0.500. The molecular formula is C4H6O4S. The van der Waals surface area contributed by atoms with Gasteiger partial charge in [-0.3, -0.25) is 0 Å². The third-order valence-electron chi connectivity index (χ3n) is 0.798. The molecule has 52 valence electrons. The van der Waals surface area contributed by atoms with E-state index in [2.05, 4.69) is 8.37 Å². The molecule has 0 unspecified atom stereocenters. The van der Waals surface area contributed by atoms with Crippen LogP contribution in [0.25, 0.3) is 0 Å². The minimum absolute atomic E-state index is 0.0995. The first kappa shape index (κ1) is 6.57. The maximum absolute atomic E-state index is 10.3. The van der Waals surface area contributed by atoms with E-state index in [-0.39, 0.29) is 6.61 Å². The van der Waals surface area contributed by atoms with Crippen molar-refractivity contribution in [2.45, 2.75) is 6.92 Å². The second-order valence-corrected chi connectivity index (χ2v) is 2.98. The number of hydrogen-bond donors (Lipinski definition) is 0. The minimum Gasteiger partial charge on any atom is -0.370 e. The molecule has 5 heteroatoms. The first-order valence-corrected chi connectivity index (χ1v) is 3.67. The van der Waals surface area contributed by atoms with Gasteiger partial charge in [0.1, 0.15) is 6.26 Å². The molecule has 0 atom stereocenters. The van der Waals surface area contributed by atoms with Crippen LogP contribution in [0, 0.1) is 0 Å². The van der Waals surface area contributed by atoms with Crippen LogP contribution in [0.4, 0.5) is 0 Å². The zero-order chi connectivity index (χ0) is 6.91. The molecule has 1 aliphatic rings. The van der Waals surface area contributed by atoms with Crippen molar-refractivity contribution in [3.8, 4) is 0 Å². The molecule has 0 aromatic carbocycles. The van der Waals surface area contributed by atoms with Crippen molar-refractivity contribution in [3.05, 3.63) is 11.8 Å². The SMILES string of the molecule is CC1=COS(=O)(=O)OC1. The van der Waals surface area contributed by atoms with Crippen LogP contribution in [0.15, 0.2) is 11.8 Å². The molecule has 0 aromatic heterocycles. The minimum atomic E-state index is -3.69. The van der Waals surface area contributed by atoms with Crippen LogP contribution >= 0.6 is 0 Å². The molecule has 0 amide bonds. The second-order valence-electron chi connectivity index (χ2n) is 1.73. The lowest BCUT2D eigenvalue weighted by atomic mass is 10.4. The van der Waals surface area contributed by atoms with Gasteiger partial charge in [-0.1, -0.05) is 0 Å². The maximum atomic E-state index is 10.3. The highest BCUT2D eigenvalue weighted by Gasteiger charge is 2.15. The first-order valence-electron chi connectivity index (χ1n) is 2.33. The molecule has 1 heterocycles. The van der Waals surface area contributed by atoms with Crippen molar-refractivity contribution in [2.75, 3.05) is 6.61 Å². The van der Waals surface area contributed by atoms with Gasteiger partial charge in [0.05, 0.1) is 6.61 Å². The fourth-order valence-corrected chi connectivity index (χ4v) is 1.04. The van der Waals surface area contributed by atoms with Gasteiger partial charge >= 0.3 is 10.4 Å². The van der Waals surface area contributed by atoms with Gasteiger partial charge in [-0.05, 0) is 12.5 Å². The third kappa shape index (κ3) is 1.69. The maximum Gasteiger partial charge on any atom is 0.448 e. The van der Waals surface area contributed by atoms with E-state index in [1.807, 2.05) is 0 Å². The lowest BCUT2D eigenvalue weighted by Crippen LogP contribution is -2.13. The molecule has 9 heavy (non-hydrogen) atoms. The van der Waals surface area contributed by atoms with E-state index in [0.717, 1.165) is 5.57 Å². The van der Waals surface area contributed by atoms with E-state index >= 15 is 0 Å². The molecule has 0 saturated heterocycles. The van der Waals surface area contributed by atoms with Crippen molar-refractivity contribution in [3.63, 3.8) is 0 Å². The lowest BCUT2D eigenvalue weighted by Gasteiger charge is -2.09. The van der Waals surface area contributed by atoms with Gasteiger partial charge in [-0.25, -0.2) is 4.18 Å². The second kappa shape index (κ2) is 2.00.